The maximum atomic E-state index is 13.7. The predicted octanol–water partition coefficient (Wildman–Crippen LogP) is 10.3. The molecule has 0 spiro atoms. The second-order valence-electron chi connectivity index (χ2n) is 28.8. The van der Waals surface area contributed by atoms with Crippen LogP contribution in [0.4, 0.5) is 49.4 Å². The number of amides is 6. The Kier molecular flexibility index (Phi) is 25.9. The number of nitrogens with zero attached hydrogens (tertiary/aromatic N) is 12. The lowest BCUT2D eigenvalue weighted by molar-refractivity contribution is -0.152. The number of aromatic nitrogens is 12. The van der Waals surface area contributed by atoms with Crippen LogP contribution in [0.15, 0.2) is 171 Å². The largest absolute Gasteiger partial charge is 0.497 e. The number of imidazole rings is 3. The standard InChI is InChI=1S/C28H27FN6O8.C28H27FN6O7.C27H24F2N6O7/c1-3-30-28(38)34-23-20-24(32-12-31-23)35(13-33-20)25-22-21(42-27(43-22)14-4-6-15(29)7-5-14)19(41-25)11-40-18-10-16(39-2)8-9-17(18)26(36)37;1-2-11-30-28(38)34-23-20-24(32-13-31-23)35(14-33-20)25-22-21(41-27(42-22)15-7-9-16(29)10-8-15)19(40-25)12-39-18-6-4-3-5-17(18)26(36)37;1-2-30-27(38)34-22-19-23(32-11-31-22)35(12-33-19)24-21-20(41-26(42-21)13-3-5-14(28)6-4-13)18(40-24)10-39-17-8-7-15(29)9-16(17)25(36)37/h4-10,12-13,19,21-22,25,27H,3,11H2,1-2H3,(H,36,37)(H2,30,31,32,34,38);3-10,13-14,19,21-22,25,27H,2,11-12H2,1H3,(H,36,37)(H2,30,31,32,34,38);3-9,11-12,18,20-21,24,26H,2,10H2,1H3,(H,36,37)(H2,30,31,32,34,38)/t2*19?,21?,22?,25?,27-;18?,20?,21?,24?,26-/m000/s1. The van der Waals surface area contributed by atoms with E-state index in [1.165, 1.54) is 112 Å². The second-order valence-corrected chi connectivity index (χ2v) is 28.8. The summed E-state index contributed by atoms with van der Waals surface area (Å²) in [5, 5.41) is 44.6. The van der Waals surface area contributed by atoms with Gasteiger partial charge in [0, 0.05) is 42.4 Å². The van der Waals surface area contributed by atoms with Gasteiger partial charge in [0.1, 0.15) is 157 Å². The number of methoxy groups -OCH3 is 1. The molecule has 6 aromatic carbocycles. The van der Waals surface area contributed by atoms with Crippen LogP contribution in [-0.2, 0) is 42.6 Å². The highest BCUT2D eigenvalue weighted by Gasteiger charge is 2.58. The number of hydrogen-bond acceptors (Lipinski definition) is 28. The van der Waals surface area contributed by atoms with E-state index in [1.54, 1.807) is 82.1 Å². The zero-order chi connectivity index (χ0) is 88.7. The molecular weight excluding hydrogens is 1680 g/mol. The number of para-hydroxylation sites is 1. The normalized spacial score (nSPS) is 22.9. The summed E-state index contributed by atoms with van der Waals surface area (Å²) in [6.07, 6.45) is -2.20. The summed E-state index contributed by atoms with van der Waals surface area (Å²) >= 11 is 0. The second kappa shape index (κ2) is 38.1. The molecule has 18 rings (SSSR count). The number of rotatable bonds is 26. The topological polar surface area (TPSA) is 486 Å². The summed E-state index contributed by atoms with van der Waals surface area (Å²) in [5.74, 6) is -4.33. The van der Waals surface area contributed by atoms with Crippen molar-refractivity contribution < 1.29 is 123 Å². The molecule has 0 saturated carbocycles. The van der Waals surface area contributed by atoms with Crippen LogP contribution in [-0.4, -0.2) is 211 Å². The van der Waals surface area contributed by atoms with Crippen LogP contribution in [0.3, 0.4) is 0 Å². The van der Waals surface area contributed by atoms with Crippen molar-refractivity contribution in [2.75, 3.05) is 62.5 Å². The first-order chi connectivity index (χ1) is 61.6. The SMILES string of the molecule is CCCNC(=O)Nc1ncnc2c1ncn2C1OC(COc2ccccc2C(=O)O)C2O[C@H](c3ccc(F)cc3)OC21.CCNC(=O)Nc1ncnc2c1ncn2C1OC(COc2cc(OC)ccc2C(=O)O)C2O[C@H](c3ccc(F)cc3)OC21.CCNC(=O)Nc1ncnc2c1ncn2C1OC(COc2ccc(F)cc2C(=O)O)C2O[C@H](c3ccc(F)cc3)OC21. The van der Waals surface area contributed by atoms with Gasteiger partial charge in [-0.3, -0.25) is 29.7 Å². The lowest BCUT2D eigenvalue weighted by atomic mass is 10.1. The number of fused-ring (bicyclic) bond motifs is 6. The fraction of sp³-hybridized carbons (Fsp3) is 0.313. The average molecular weight is 1760 g/mol. The van der Waals surface area contributed by atoms with Gasteiger partial charge in [-0.1, -0.05) is 55.5 Å². The Morgan fingerprint density at radius 1 is 0.386 bits per heavy atom. The molecule has 15 atom stereocenters. The fourth-order valence-electron chi connectivity index (χ4n) is 14.8. The highest BCUT2D eigenvalue weighted by Crippen LogP contribution is 2.49. The van der Waals surface area contributed by atoms with Gasteiger partial charge in [0.2, 0.25) is 0 Å². The smallest absolute Gasteiger partial charge is 0.339 e. The molecule has 6 saturated heterocycles. The van der Waals surface area contributed by atoms with Crippen LogP contribution < -0.4 is 50.8 Å². The Hall–Kier alpha value is -14.3. The van der Waals surface area contributed by atoms with Gasteiger partial charge in [0.15, 0.2) is 88.5 Å². The third-order valence-corrected chi connectivity index (χ3v) is 20.7. The summed E-state index contributed by atoms with van der Waals surface area (Å²) < 4.78 is 139. The van der Waals surface area contributed by atoms with Gasteiger partial charge in [-0.05, 0) is 99.1 Å². The van der Waals surface area contributed by atoms with Crippen LogP contribution in [0.5, 0.6) is 23.0 Å². The number of carboxylic acids is 3. The van der Waals surface area contributed by atoms with Gasteiger partial charge in [-0.2, -0.15) is 0 Å². The lowest BCUT2D eigenvalue weighted by Crippen LogP contribution is -2.33. The first kappa shape index (κ1) is 86.3. The molecule has 6 aromatic heterocycles. The molecule has 0 bridgehead atoms. The van der Waals surface area contributed by atoms with Crippen molar-refractivity contribution in [2.45, 2.75) is 120 Å². The third-order valence-electron chi connectivity index (χ3n) is 20.7. The number of carbonyl (C=O) groups is 6. The number of halogens is 4. The van der Waals surface area contributed by atoms with Gasteiger partial charge in [0.05, 0.1) is 26.1 Å². The molecule has 9 N–H and O–H groups in total. The van der Waals surface area contributed by atoms with E-state index < -0.39 is 146 Å². The minimum absolute atomic E-state index is 0.0108. The maximum absolute atomic E-state index is 13.7. The summed E-state index contributed by atoms with van der Waals surface area (Å²) in [5.41, 5.74) is 3.44. The molecule has 12 unspecified atom stereocenters. The van der Waals surface area contributed by atoms with E-state index in [9.17, 15) is 61.6 Å². The van der Waals surface area contributed by atoms with Gasteiger partial charge in [0.25, 0.3) is 0 Å². The van der Waals surface area contributed by atoms with Gasteiger partial charge in [-0.25, -0.2) is 91.2 Å². The molecule has 12 heterocycles. The molecule has 44 heteroatoms. The third kappa shape index (κ3) is 18.6. The minimum atomic E-state index is -1.36. The first-order valence-corrected chi connectivity index (χ1v) is 39.6. The molecule has 0 radical (unpaired) electrons. The quantitative estimate of drug-likeness (QED) is 0.0227. The van der Waals surface area contributed by atoms with Crippen LogP contribution in [0, 0.1) is 23.3 Å². The molecule has 6 fully saturated rings. The molecule has 6 amide bonds. The van der Waals surface area contributed by atoms with Crippen molar-refractivity contribution in [3.8, 4) is 23.0 Å². The average Bonchev–Trinajstić information content (AvgIpc) is 1.60. The number of hydrogen-bond donors (Lipinski definition) is 9. The Balaban J connectivity index is 0.000000140. The Bertz CT molecular complexity index is 6030. The molecule has 6 aliphatic rings. The van der Waals surface area contributed by atoms with E-state index in [2.05, 4.69) is 76.8 Å². The van der Waals surface area contributed by atoms with E-state index >= 15 is 0 Å². The van der Waals surface area contributed by atoms with Gasteiger partial charge < -0.3 is 92.8 Å². The predicted molar refractivity (Wildman–Crippen MR) is 430 cm³/mol. The number of nitrogens with one attached hydrogen (secondary N) is 6. The number of urea groups is 3. The van der Waals surface area contributed by atoms with Crippen LogP contribution in [0.2, 0.25) is 0 Å². The van der Waals surface area contributed by atoms with Crippen molar-refractivity contribution in [3.63, 3.8) is 0 Å². The zero-order valence-electron chi connectivity index (χ0n) is 67.3. The van der Waals surface area contributed by atoms with E-state index in [1.807, 2.05) is 6.92 Å². The zero-order valence-corrected chi connectivity index (χ0v) is 67.3. The highest BCUT2D eigenvalue weighted by molar-refractivity contribution is 5.98. The molecule has 660 valence electrons. The number of aromatic carboxylic acids is 3. The number of ether oxygens (including phenoxy) is 13. The number of carbonyl (C=O) groups excluding carboxylic acids is 3. The van der Waals surface area contributed by atoms with Crippen molar-refractivity contribution in [1.29, 1.82) is 0 Å². The first-order valence-electron chi connectivity index (χ1n) is 39.6. The van der Waals surface area contributed by atoms with Gasteiger partial charge >= 0.3 is 36.0 Å². The molecule has 12 aromatic rings. The van der Waals surface area contributed by atoms with Crippen molar-refractivity contribution in [1.82, 2.24) is 74.5 Å². The molecule has 0 aliphatic carbocycles. The molecule has 127 heavy (non-hydrogen) atoms. The summed E-state index contributed by atoms with van der Waals surface area (Å²) in [6.45, 7) is 6.52. The van der Waals surface area contributed by atoms with Gasteiger partial charge in [-0.15, -0.1) is 0 Å². The van der Waals surface area contributed by atoms with Crippen molar-refractivity contribution in [2.24, 2.45) is 0 Å². The van der Waals surface area contributed by atoms with E-state index in [4.69, 9.17) is 61.6 Å². The number of benzene rings is 6. The fourth-order valence-corrected chi connectivity index (χ4v) is 14.8. The lowest BCUT2D eigenvalue weighted by Gasteiger charge is -2.22. The van der Waals surface area contributed by atoms with Crippen LogP contribution in [0.25, 0.3) is 33.5 Å². The molecular formula is C83H78F4N18O22. The Morgan fingerprint density at radius 2 is 0.740 bits per heavy atom. The minimum Gasteiger partial charge on any atom is -0.497 e. The summed E-state index contributed by atoms with van der Waals surface area (Å²) in [4.78, 5) is 110. The number of anilines is 3. The highest BCUT2D eigenvalue weighted by atomic mass is 19.1. The van der Waals surface area contributed by atoms with Crippen molar-refractivity contribution >= 4 is 86.9 Å². The van der Waals surface area contributed by atoms with Crippen molar-refractivity contribution in [3.05, 3.63) is 228 Å². The molecule has 40 nitrogen and oxygen atoms in total. The summed E-state index contributed by atoms with van der Waals surface area (Å²) in [6, 6.07) is 29.7. The maximum Gasteiger partial charge on any atom is 0.339 e. The van der Waals surface area contributed by atoms with E-state index in [-0.39, 0.29) is 77.0 Å². The monoisotopic (exact) mass is 1750 g/mol. The number of carboxylic acid groups (broad SMARTS) is 3. The Labute approximate surface area is 715 Å². The van der Waals surface area contributed by atoms with E-state index in [0.29, 0.717) is 75.6 Å². The van der Waals surface area contributed by atoms with Crippen LogP contribution >= 0.6 is 0 Å². The van der Waals surface area contributed by atoms with E-state index in [0.717, 1.165) is 18.6 Å². The molecule has 6 aliphatic heterocycles. The van der Waals surface area contributed by atoms with Crippen LogP contribution in [0.1, 0.15) is 113 Å². The Morgan fingerprint density at radius 3 is 1.12 bits per heavy atom. The summed E-state index contributed by atoms with van der Waals surface area (Å²) in [7, 11) is 1.46.